The summed E-state index contributed by atoms with van der Waals surface area (Å²) in [5, 5.41) is 10.8. The van der Waals surface area contributed by atoms with Crippen molar-refractivity contribution in [2.75, 3.05) is 6.61 Å². The Morgan fingerprint density at radius 2 is 1.92 bits per heavy atom. The number of H-pyrrole nitrogens is 1. The number of ether oxygens (including phenoxy) is 1. The number of sulfone groups is 1. The molecule has 0 spiro atoms. The molecule has 0 radical (unpaired) electrons. The van der Waals surface area contributed by atoms with Gasteiger partial charge in [0.25, 0.3) is 5.56 Å². The van der Waals surface area contributed by atoms with Crippen molar-refractivity contribution >= 4 is 50.5 Å². The molecule has 5 aromatic rings. The molecule has 0 amide bonds. The number of nitrogens with one attached hydrogen (secondary N) is 1. The average Bonchev–Trinajstić information content (AvgIpc) is 3.54. The van der Waals surface area contributed by atoms with E-state index in [1.54, 1.807) is 65.1 Å². The Hall–Kier alpha value is -3.13. The van der Waals surface area contributed by atoms with Gasteiger partial charge in [-0.05, 0) is 24.2 Å². The zero-order valence-electron chi connectivity index (χ0n) is 21.0. The number of aryl methyl sites for hydroxylation is 1. The molecule has 1 atom stereocenters. The third-order valence-electron chi connectivity index (χ3n) is 6.11. The Balaban J connectivity index is 1.57. The number of aromatic amines is 1. The summed E-state index contributed by atoms with van der Waals surface area (Å²) in [6, 6.07) is 11.0. The first-order valence-electron chi connectivity index (χ1n) is 11.8. The second-order valence-electron chi connectivity index (χ2n) is 10.1. The highest BCUT2D eigenvalue weighted by atomic mass is 32.2. The quantitative estimate of drug-likeness (QED) is 0.215. The molecule has 13 heteroatoms. The first-order chi connectivity index (χ1) is 17.6. The molecule has 0 aliphatic heterocycles. The molecule has 5 rings (SSSR count). The van der Waals surface area contributed by atoms with E-state index in [0.29, 0.717) is 38.6 Å². The molecule has 1 N–H and O–H groups in total. The maximum absolute atomic E-state index is 13.9. The molecule has 1 aromatic carbocycles. The van der Waals surface area contributed by atoms with Gasteiger partial charge in [-0.15, -0.1) is 11.3 Å². The summed E-state index contributed by atoms with van der Waals surface area (Å²) >= 11 is 1.23. The van der Waals surface area contributed by atoms with Crippen LogP contribution >= 0.6 is 11.3 Å². The Kier molecular flexibility index (Phi) is 6.64. The minimum absolute atomic E-state index is 0.183. The summed E-state index contributed by atoms with van der Waals surface area (Å²) in [6.45, 7) is 7.73. The van der Waals surface area contributed by atoms with Crippen LogP contribution in [-0.4, -0.2) is 52.6 Å². The molecular formula is C24H28N6O4S2Si. The van der Waals surface area contributed by atoms with Gasteiger partial charge in [0.1, 0.15) is 17.3 Å². The number of hydrogen-bond donors (Lipinski definition) is 1. The van der Waals surface area contributed by atoms with Crippen molar-refractivity contribution in [3.63, 3.8) is 0 Å². The van der Waals surface area contributed by atoms with E-state index in [1.165, 1.54) is 11.3 Å². The predicted molar refractivity (Wildman–Crippen MR) is 146 cm³/mol. The summed E-state index contributed by atoms with van der Waals surface area (Å²) in [7, 11) is -3.38. The van der Waals surface area contributed by atoms with Gasteiger partial charge in [-0.1, -0.05) is 37.8 Å². The topological polar surface area (TPSA) is 125 Å². The first kappa shape index (κ1) is 25.5. The zero-order valence-corrected chi connectivity index (χ0v) is 23.6. The monoisotopic (exact) mass is 556 g/mol. The third-order valence-corrected chi connectivity index (χ3v) is 11.1. The highest BCUT2D eigenvalue weighted by Gasteiger charge is 2.36. The van der Waals surface area contributed by atoms with Crippen LogP contribution in [0.4, 0.5) is 0 Å². The molecule has 0 fully saturated rings. The molecule has 4 heterocycles. The summed E-state index contributed by atoms with van der Waals surface area (Å²) in [4.78, 5) is 17.2. The fourth-order valence-corrected chi connectivity index (χ4v) is 8.08. The van der Waals surface area contributed by atoms with Gasteiger partial charge < -0.3 is 9.30 Å². The van der Waals surface area contributed by atoms with Crippen molar-refractivity contribution < 1.29 is 13.2 Å². The van der Waals surface area contributed by atoms with E-state index >= 15 is 0 Å². The number of benzene rings is 1. The lowest BCUT2D eigenvalue weighted by Crippen LogP contribution is -2.22. The predicted octanol–water partition coefficient (Wildman–Crippen LogP) is 3.94. The lowest BCUT2D eigenvalue weighted by molar-refractivity contribution is 0.0783. The summed E-state index contributed by atoms with van der Waals surface area (Å²) in [6.07, 6.45) is 3.29. The average molecular weight is 557 g/mol. The summed E-state index contributed by atoms with van der Waals surface area (Å²) in [5.74, 6) is 0. The largest absolute Gasteiger partial charge is 0.360 e. The van der Waals surface area contributed by atoms with Crippen molar-refractivity contribution in [3.05, 3.63) is 69.8 Å². The maximum atomic E-state index is 13.9. The molecule has 0 saturated heterocycles. The number of rotatable bonds is 9. The fraction of sp³-hybridized carbons (Fsp3) is 0.333. The number of nitrogens with zero attached hydrogens (tertiary/aromatic N) is 5. The smallest absolute Gasteiger partial charge is 0.288 e. The Bertz CT molecular complexity index is 1730. The molecule has 0 aliphatic carbocycles. The molecule has 37 heavy (non-hydrogen) atoms. The third kappa shape index (κ3) is 4.91. The molecular weight excluding hydrogens is 529 g/mol. The standard InChI is InChI=1S/C24H28N6O4S2Si/c1-29-19-17(14-25-27-23(19)31)20-22(29)26-24(35-20)21(36(32,33)16-8-6-5-7-9-16)18-10-11-30(28-18)15-34-12-13-37(2,3)4/h5-11,14,21H,12-13,15H2,1-4H3,(H,27,31). The minimum atomic E-state index is -3.89. The molecule has 1 unspecified atom stereocenters. The highest BCUT2D eigenvalue weighted by Crippen LogP contribution is 2.40. The highest BCUT2D eigenvalue weighted by molar-refractivity contribution is 7.92. The van der Waals surface area contributed by atoms with E-state index in [1.807, 2.05) is 0 Å². The molecule has 0 saturated carbocycles. The van der Waals surface area contributed by atoms with Crippen LogP contribution < -0.4 is 5.56 Å². The van der Waals surface area contributed by atoms with Crippen LogP contribution in [0, 0.1) is 0 Å². The van der Waals surface area contributed by atoms with Gasteiger partial charge in [-0.2, -0.15) is 10.2 Å². The van der Waals surface area contributed by atoms with Gasteiger partial charge >= 0.3 is 0 Å². The zero-order chi connectivity index (χ0) is 26.4. The van der Waals surface area contributed by atoms with E-state index < -0.39 is 23.2 Å². The van der Waals surface area contributed by atoms with Crippen LogP contribution in [0.15, 0.2) is 58.5 Å². The number of thiazole rings is 1. The van der Waals surface area contributed by atoms with Crippen molar-refractivity contribution in [1.29, 1.82) is 0 Å². The van der Waals surface area contributed by atoms with Crippen molar-refractivity contribution in [2.45, 2.75) is 42.6 Å². The van der Waals surface area contributed by atoms with Crippen LogP contribution in [0.5, 0.6) is 0 Å². The lowest BCUT2D eigenvalue weighted by atomic mass is 10.3. The molecule has 0 aliphatic rings. The fourth-order valence-electron chi connectivity index (χ4n) is 4.13. The van der Waals surface area contributed by atoms with Crippen LogP contribution in [0.1, 0.15) is 16.0 Å². The van der Waals surface area contributed by atoms with Gasteiger partial charge in [0.15, 0.2) is 20.7 Å². The van der Waals surface area contributed by atoms with Gasteiger partial charge in [-0.25, -0.2) is 23.2 Å². The SMILES string of the molecule is Cn1c2nc(C(c3ccn(COCC[Si](C)(C)C)n3)S(=O)(=O)c3ccccc3)sc2c2cn[nH]c(=O)c21. The van der Waals surface area contributed by atoms with Gasteiger partial charge in [0.2, 0.25) is 0 Å². The van der Waals surface area contributed by atoms with E-state index in [9.17, 15) is 13.2 Å². The van der Waals surface area contributed by atoms with Gasteiger partial charge in [0.05, 0.1) is 21.5 Å². The Morgan fingerprint density at radius 1 is 1.16 bits per heavy atom. The van der Waals surface area contributed by atoms with E-state index in [0.717, 1.165) is 6.04 Å². The second kappa shape index (κ2) is 9.63. The molecule has 194 valence electrons. The molecule has 0 bridgehead atoms. The van der Waals surface area contributed by atoms with Crippen molar-refractivity contribution in [2.24, 2.45) is 7.05 Å². The minimum Gasteiger partial charge on any atom is -0.360 e. The van der Waals surface area contributed by atoms with Crippen LogP contribution in [0.2, 0.25) is 25.7 Å². The Labute approximate surface area is 218 Å². The van der Waals surface area contributed by atoms with Crippen molar-refractivity contribution in [3.8, 4) is 0 Å². The normalized spacial score (nSPS) is 13.5. The first-order valence-corrected chi connectivity index (χ1v) is 17.9. The van der Waals surface area contributed by atoms with E-state index in [4.69, 9.17) is 9.72 Å². The van der Waals surface area contributed by atoms with Gasteiger partial charge in [0, 0.05) is 33.3 Å². The van der Waals surface area contributed by atoms with Crippen molar-refractivity contribution in [1.82, 2.24) is 29.5 Å². The van der Waals surface area contributed by atoms with Gasteiger partial charge in [-0.3, -0.25) is 4.79 Å². The number of fused-ring (bicyclic) bond motifs is 3. The van der Waals surface area contributed by atoms with Crippen LogP contribution in [0.3, 0.4) is 0 Å². The van der Waals surface area contributed by atoms with E-state index in [2.05, 4.69) is 34.9 Å². The summed E-state index contributed by atoms with van der Waals surface area (Å²) in [5.41, 5.74) is 0.999. The number of hydrogen-bond acceptors (Lipinski definition) is 8. The molecule has 4 aromatic heterocycles. The lowest BCUT2D eigenvalue weighted by Gasteiger charge is -2.15. The van der Waals surface area contributed by atoms with E-state index in [-0.39, 0.29) is 17.2 Å². The summed E-state index contributed by atoms with van der Waals surface area (Å²) < 4.78 is 37.6. The second-order valence-corrected chi connectivity index (χ2v) is 18.8. The van der Waals surface area contributed by atoms with Crippen LogP contribution in [0.25, 0.3) is 21.3 Å². The molecule has 10 nitrogen and oxygen atoms in total. The van der Waals surface area contributed by atoms with Crippen LogP contribution in [-0.2, 0) is 28.4 Å². The maximum Gasteiger partial charge on any atom is 0.288 e. The number of aromatic nitrogens is 6. The Morgan fingerprint density at radius 3 is 2.65 bits per heavy atom.